The first-order valence-electron chi connectivity index (χ1n) is 10.2. The van der Waals surface area contributed by atoms with Crippen molar-refractivity contribution < 1.29 is 28.7 Å². The molecule has 2 amide bonds. The van der Waals surface area contributed by atoms with Gasteiger partial charge in [-0.05, 0) is 31.0 Å². The van der Waals surface area contributed by atoms with E-state index < -0.39 is 41.0 Å². The molecule has 0 radical (unpaired) electrons. The fraction of sp³-hybridized carbons (Fsp3) is 0.280. The van der Waals surface area contributed by atoms with Gasteiger partial charge in [0.15, 0.2) is 5.41 Å². The Morgan fingerprint density at radius 1 is 0.906 bits per heavy atom. The summed E-state index contributed by atoms with van der Waals surface area (Å²) in [7, 11) is 0. The van der Waals surface area contributed by atoms with E-state index in [2.05, 4.69) is 6.58 Å². The number of cyclic esters (lactones) is 2. The summed E-state index contributed by atoms with van der Waals surface area (Å²) in [5.74, 6) is -4.41. The van der Waals surface area contributed by atoms with Crippen LogP contribution in [-0.4, -0.2) is 34.4 Å². The molecule has 7 heteroatoms. The molecule has 0 aromatic heterocycles. The number of hydrogen-bond donors (Lipinski definition) is 0. The highest BCUT2D eigenvalue weighted by Crippen LogP contribution is 2.50. The Morgan fingerprint density at radius 3 is 1.88 bits per heavy atom. The van der Waals surface area contributed by atoms with Gasteiger partial charge in [0.1, 0.15) is 0 Å². The largest absolute Gasteiger partial charge is 0.422 e. The molecule has 0 bridgehead atoms. The predicted molar refractivity (Wildman–Crippen MR) is 114 cm³/mol. The Hall–Kier alpha value is -3.74. The molecule has 1 saturated heterocycles. The number of amides is 2. The second-order valence-electron chi connectivity index (χ2n) is 8.48. The van der Waals surface area contributed by atoms with E-state index in [9.17, 15) is 19.2 Å². The molecule has 2 aromatic rings. The van der Waals surface area contributed by atoms with Crippen molar-refractivity contribution in [3.05, 3.63) is 83.4 Å². The Bertz CT molecular complexity index is 1090. The van der Waals surface area contributed by atoms with E-state index >= 15 is 0 Å². The van der Waals surface area contributed by atoms with Gasteiger partial charge in [0.25, 0.3) is 17.6 Å². The van der Waals surface area contributed by atoms with Crippen molar-refractivity contribution in [1.82, 2.24) is 4.90 Å². The maximum atomic E-state index is 13.4. The molecule has 1 atom stereocenters. The monoisotopic (exact) mass is 433 g/mol. The van der Waals surface area contributed by atoms with Gasteiger partial charge in [-0.25, -0.2) is 0 Å². The van der Waals surface area contributed by atoms with Gasteiger partial charge in [-0.3, -0.25) is 24.1 Å². The third-order valence-electron chi connectivity index (χ3n) is 5.82. The van der Waals surface area contributed by atoms with Crippen LogP contribution in [0.4, 0.5) is 0 Å². The van der Waals surface area contributed by atoms with Crippen molar-refractivity contribution >= 4 is 23.8 Å². The van der Waals surface area contributed by atoms with Crippen LogP contribution < -0.4 is 0 Å². The second kappa shape index (κ2) is 7.44. The van der Waals surface area contributed by atoms with Gasteiger partial charge in [0, 0.05) is 13.8 Å². The maximum absolute atomic E-state index is 13.4. The fourth-order valence-electron chi connectivity index (χ4n) is 4.31. The molecule has 0 spiro atoms. The third kappa shape index (κ3) is 3.12. The van der Waals surface area contributed by atoms with Crippen LogP contribution in [0.15, 0.2) is 61.2 Å². The van der Waals surface area contributed by atoms with Crippen molar-refractivity contribution in [2.75, 3.05) is 0 Å². The number of ether oxygens (including phenoxy) is 2. The molecule has 4 rings (SSSR count). The molecule has 2 aliphatic rings. The molecular weight excluding hydrogens is 410 g/mol. The number of esters is 2. The predicted octanol–water partition coefficient (Wildman–Crippen LogP) is 3.73. The Balaban J connectivity index is 1.96. The van der Waals surface area contributed by atoms with Crippen LogP contribution in [-0.2, 0) is 19.1 Å². The van der Waals surface area contributed by atoms with E-state index in [4.69, 9.17) is 9.47 Å². The van der Waals surface area contributed by atoms with Gasteiger partial charge >= 0.3 is 11.9 Å². The highest BCUT2D eigenvalue weighted by atomic mass is 16.7. The summed E-state index contributed by atoms with van der Waals surface area (Å²) in [5, 5.41) is 0. The molecule has 1 unspecified atom stereocenters. The minimum absolute atomic E-state index is 0.188. The maximum Gasteiger partial charge on any atom is 0.329 e. The van der Waals surface area contributed by atoms with Gasteiger partial charge in [0.05, 0.1) is 17.2 Å². The number of hydrogen-bond acceptors (Lipinski definition) is 6. The van der Waals surface area contributed by atoms with Gasteiger partial charge in [-0.15, -0.1) is 6.58 Å². The van der Waals surface area contributed by atoms with Crippen molar-refractivity contribution in [2.45, 2.75) is 39.0 Å². The van der Waals surface area contributed by atoms with E-state index in [0.717, 1.165) is 10.5 Å². The van der Waals surface area contributed by atoms with E-state index in [0.29, 0.717) is 5.56 Å². The number of imide groups is 1. The summed E-state index contributed by atoms with van der Waals surface area (Å²) in [5.41, 5.74) is -0.217. The minimum atomic E-state index is -2.00. The first-order valence-corrected chi connectivity index (χ1v) is 10.2. The van der Waals surface area contributed by atoms with Crippen LogP contribution in [0, 0.1) is 12.3 Å². The van der Waals surface area contributed by atoms with Gasteiger partial charge in [-0.2, -0.15) is 0 Å². The third-order valence-corrected chi connectivity index (χ3v) is 5.82. The molecule has 2 aromatic carbocycles. The average Bonchev–Trinajstić information content (AvgIpc) is 2.98. The molecule has 2 heterocycles. The lowest BCUT2D eigenvalue weighted by atomic mass is 9.72. The number of benzene rings is 2. The van der Waals surface area contributed by atoms with E-state index in [-0.39, 0.29) is 17.5 Å². The van der Waals surface area contributed by atoms with Crippen molar-refractivity contribution in [2.24, 2.45) is 5.41 Å². The van der Waals surface area contributed by atoms with E-state index in [1.807, 2.05) is 6.92 Å². The molecule has 0 saturated carbocycles. The lowest BCUT2D eigenvalue weighted by Gasteiger charge is -2.45. The summed E-state index contributed by atoms with van der Waals surface area (Å²) in [6.07, 6.45) is 1.20. The zero-order valence-corrected chi connectivity index (χ0v) is 18.1. The number of carbonyl (C=O) groups is 4. The Labute approximate surface area is 185 Å². The lowest BCUT2D eigenvalue weighted by Crippen LogP contribution is -2.60. The standard InChI is InChI=1S/C25H23NO6/c1-5-14-25(22(29)31-24(3,4)32-23(25)30)19(16-12-10-15(2)11-13-16)26-20(27)17-8-6-7-9-18(17)21(26)28/h5-13,19H,1,14H2,2-4H3. The number of allylic oxidation sites excluding steroid dienone is 1. The van der Waals surface area contributed by atoms with Crippen LogP contribution >= 0.6 is 0 Å². The van der Waals surface area contributed by atoms with E-state index in [1.54, 1.807) is 48.5 Å². The number of rotatable bonds is 5. The molecule has 0 aliphatic carbocycles. The van der Waals surface area contributed by atoms with Gasteiger partial charge in [-0.1, -0.05) is 48.0 Å². The molecule has 1 fully saturated rings. The summed E-state index contributed by atoms with van der Waals surface area (Å²) >= 11 is 0. The van der Waals surface area contributed by atoms with Crippen molar-refractivity contribution in [3.8, 4) is 0 Å². The highest BCUT2D eigenvalue weighted by molar-refractivity contribution is 6.22. The number of fused-ring (bicyclic) bond motifs is 1. The topological polar surface area (TPSA) is 90.0 Å². The first-order chi connectivity index (χ1) is 15.1. The molecule has 164 valence electrons. The van der Waals surface area contributed by atoms with Crippen LogP contribution in [0.5, 0.6) is 0 Å². The molecule has 2 aliphatic heterocycles. The SMILES string of the molecule is C=CCC1(C(c2ccc(C)cc2)N2C(=O)c3ccccc3C2=O)C(=O)OC(C)(C)OC1=O. The summed E-state index contributed by atoms with van der Waals surface area (Å²) < 4.78 is 10.9. The van der Waals surface area contributed by atoms with E-state index in [1.165, 1.54) is 19.9 Å². The number of nitrogens with zero attached hydrogens (tertiary/aromatic N) is 1. The van der Waals surface area contributed by atoms with Crippen molar-refractivity contribution in [3.63, 3.8) is 0 Å². The van der Waals surface area contributed by atoms with Gasteiger partial charge < -0.3 is 9.47 Å². The molecule has 7 nitrogen and oxygen atoms in total. The average molecular weight is 433 g/mol. The Morgan fingerprint density at radius 2 is 1.41 bits per heavy atom. The smallest absolute Gasteiger partial charge is 0.329 e. The lowest BCUT2D eigenvalue weighted by molar-refractivity contribution is -0.254. The highest BCUT2D eigenvalue weighted by Gasteiger charge is 2.64. The van der Waals surface area contributed by atoms with Crippen molar-refractivity contribution in [1.29, 1.82) is 0 Å². The minimum Gasteiger partial charge on any atom is -0.422 e. The van der Waals surface area contributed by atoms with Gasteiger partial charge in [0.2, 0.25) is 0 Å². The summed E-state index contributed by atoms with van der Waals surface area (Å²) in [6.45, 7) is 8.47. The zero-order valence-electron chi connectivity index (χ0n) is 18.1. The molecule has 0 N–H and O–H groups in total. The molecule has 32 heavy (non-hydrogen) atoms. The number of aryl methyl sites for hydroxylation is 1. The number of carbonyl (C=O) groups excluding carboxylic acids is 4. The molecular formula is C25H23NO6. The first kappa shape index (κ1) is 21.5. The summed E-state index contributed by atoms with van der Waals surface area (Å²) in [6, 6.07) is 12.1. The Kier molecular flexibility index (Phi) is 5.00. The van der Waals surface area contributed by atoms with Crippen LogP contribution in [0.1, 0.15) is 58.2 Å². The normalized spacial score (nSPS) is 19.8. The van der Waals surface area contributed by atoms with Crippen LogP contribution in [0.2, 0.25) is 0 Å². The quantitative estimate of drug-likeness (QED) is 0.309. The summed E-state index contributed by atoms with van der Waals surface area (Å²) in [4.78, 5) is 54.6. The van der Waals surface area contributed by atoms with Crippen LogP contribution in [0.3, 0.4) is 0 Å². The van der Waals surface area contributed by atoms with Crippen LogP contribution in [0.25, 0.3) is 0 Å². The zero-order chi connectivity index (χ0) is 23.3. The fourth-order valence-corrected chi connectivity index (χ4v) is 4.31. The second-order valence-corrected chi connectivity index (χ2v) is 8.48.